The minimum atomic E-state index is -4.46. The highest BCUT2D eigenvalue weighted by Crippen LogP contribution is 2.51. The SMILES string of the molecule is FC(F)(F)C1(c2cccnc2)N=N1. The molecule has 2 heterocycles. The van der Waals surface area contributed by atoms with Crippen molar-refractivity contribution in [2.45, 2.75) is 11.8 Å². The molecule has 0 fully saturated rings. The normalized spacial score (nSPS) is 18.7. The molecule has 2 rings (SSSR count). The molecule has 0 atom stereocenters. The van der Waals surface area contributed by atoms with Crippen LogP contribution in [0.5, 0.6) is 0 Å². The molecule has 0 unspecified atom stereocenters. The fraction of sp³-hybridized carbons (Fsp3) is 0.286. The van der Waals surface area contributed by atoms with Gasteiger partial charge in [-0.25, -0.2) is 0 Å². The summed E-state index contributed by atoms with van der Waals surface area (Å²) in [5.41, 5.74) is -2.37. The van der Waals surface area contributed by atoms with E-state index in [1.54, 1.807) is 0 Å². The summed E-state index contributed by atoms with van der Waals surface area (Å²) in [7, 11) is 0. The number of halogens is 3. The van der Waals surface area contributed by atoms with Gasteiger partial charge in [0, 0.05) is 18.0 Å². The topological polar surface area (TPSA) is 37.6 Å². The fourth-order valence-electron chi connectivity index (χ4n) is 1.01. The summed E-state index contributed by atoms with van der Waals surface area (Å²) >= 11 is 0. The number of pyridine rings is 1. The molecule has 1 aromatic rings. The number of hydrogen-bond acceptors (Lipinski definition) is 3. The molecule has 0 radical (unpaired) electrons. The van der Waals surface area contributed by atoms with Crippen LogP contribution in [0.1, 0.15) is 5.56 Å². The molecule has 0 saturated carbocycles. The minimum Gasteiger partial charge on any atom is -0.264 e. The van der Waals surface area contributed by atoms with Gasteiger partial charge in [-0.15, -0.1) is 10.2 Å². The molecular formula is C7H4F3N3. The third-order valence-corrected chi connectivity index (χ3v) is 1.76. The molecule has 0 amide bonds. The van der Waals surface area contributed by atoms with Crippen LogP contribution in [0, 0.1) is 0 Å². The molecule has 3 nitrogen and oxygen atoms in total. The first-order valence-electron chi connectivity index (χ1n) is 3.47. The van der Waals surface area contributed by atoms with Crippen LogP contribution in [-0.2, 0) is 5.66 Å². The second-order valence-corrected chi connectivity index (χ2v) is 2.61. The zero-order chi connectivity index (χ0) is 9.53. The Morgan fingerprint density at radius 1 is 1.23 bits per heavy atom. The van der Waals surface area contributed by atoms with Gasteiger partial charge in [-0.05, 0) is 6.07 Å². The maximum Gasteiger partial charge on any atom is 0.442 e. The van der Waals surface area contributed by atoms with Gasteiger partial charge in [0.05, 0.1) is 0 Å². The van der Waals surface area contributed by atoms with E-state index in [9.17, 15) is 13.2 Å². The molecule has 68 valence electrons. The fourth-order valence-corrected chi connectivity index (χ4v) is 1.01. The zero-order valence-electron chi connectivity index (χ0n) is 6.28. The second kappa shape index (κ2) is 2.27. The number of aromatic nitrogens is 1. The van der Waals surface area contributed by atoms with Gasteiger partial charge in [-0.2, -0.15) is 13.2 Å². The maximum atomic E-state index is 12.4. The van der Waals surface area contributed by atoms with Crippen LogP contribution in [-0.4, -0.2) is 11.2 Å². The Kier molecular flexibility index (Phi) is 1.43. The summed E-state index contributed by atoms with van der Waals surface area (Å²) in [5.74, 6) is 0. The van der Waals surface area contributed by atoms with Gasteiger partial charge in [-0.3, -0.25) is 4.98 Å². The Bertz CT molecular complexity index is 338. The third kappa shape index (κ3) is 1.09. The highest BCUT2D eigenvalue weighted by Gasteiger charge is 2.65. The molecule has 0 spiro atoms. The first-order valence-corrected chi connectivity index (χ1v) is 3.47. The summed E-state index contributed by atoms with van der Waals surface area (Å²) in [5, 5.41) is 6.07. The molecule has 0 bridgehead atoms. The summed E-state index contributed by atoms with van der Waals surface area (Å²) in [6, 6.07) is 2.73. The van der Waals surface area contributed by atoms with Gasteiger partial charge in [0.15, 0.2) is 0 Å². The van der Waals surface area contributed by atoms with Gasteiger partial charge in [-0.1, -0.05) is 6.07 Å². The Hall–Kier alpha value is -1.46. The van der Waals surface area contributed by atoms with Crippen molar-refractivity contribution < 1.29 is 13.2 Å². The van der Waals surface area contributed by atoms with E-state index in [1.807, 2.05) is 0 Å². The molecular weight excluding hydrogens is 183 g/mol. The van der Waals surface area contributed by atoms with Crippen LogP contribution in [0.3, 0.4) is 0 Å². The molecule has 0 aliphatic carbocycles. The molecule has 0 saturated heterocycles. The number of alkyl halides is 3. The minimum absolute atomic E-state index is 0.0394. The lowest BCUT2D eigenvalue weighted by Gasteiger charge is -2.13. The largest absolute Gasteiger partial charge is 0.442 e. The van der Waals surface area contributed by atoms with Crippen LogP contribution < -0.4 is 0 Å². The summed E-state index contributed by atoms with van der Waals surface area (Å²) in [6.07, 6.45) is -1.94. The summed E-state index contributed by atoms with van der Waals surface area (Å²) in [6.45, 7) is 0. The third-order valence-electron chi connectivity index (χ3n) is 1.76. The van der Waals surface area contributed by atoms with Crippen LogP contribution in [0.4, 0.5) is 13.2 Å². The zero-order valence-corrected chi connectivity index (χ0v) is 6.28. The highest BCUT2D eigenvalue weighted by atomic mass is 19.4. The van der Waals surface area contributed by atoms with E-state index in [-0.39, 0.29) is 5.56 Å². The lowest BCUT2D eigenvalue weighted by molar-refractivity contribution is -0.166. The molecule has 13 heavy (non-hydrogen) atoms. The summed E-state index contributed by atoms with van der Waals surface area (Å²) in [4.78, 5) is 3.58. The number of rotatable bonds is 1. The lowest BCUT2D eigenvalue weighted by atomic mass is 10.1. The van der Waals surface area contributed by atoms with Crippen molar-refractivity contribution in [3.8, 4) is 0 Å². The average molecular weight is 187 g/mol. The molecule has 0 aromatic carbocycles. The monoisotopic (exact) mass is 187 g/mol. The van der Waals surface area contributed by atoms with Gasteiger partial charge >= 0.3 is 11.8 Å². The standard InChI is InChI=1S/C7H4F3N3/c8-7(9,10)6(12-13-6)5-2-1-3-11-4-5/h1-4H. The predicted octanol–water partition coefficient (Wildman–Crippen LogP) is 2.26. The van der Waals surface area contributed by atoms with Crippen molar-refractivity contribution in [2.75, 3.05) is 0 Å². The predicted molar refractivity (Wildman–Crippen MR) is 36.8 cm³/mol. The smallest absolute Gasteiger partial charge is 0.264 e. The van der Waals surface area contributed by atoms with Crippen molar-refractivity contribution in [3.05, 3.63) is 30.1 Å². The van der Waals surface area contributed by atoms with E-state index in [0.29, 0.717) is 0 Å². The second-order valence-electron chi connectivity index (χ2n) is 2.61. The van der Waals surface area contributed by atoms with Crippen molar-refractivity contribution in [2.24, 2.45) is 10.2 Å². The van der Waals surface area contributed by atoms with E-state index in [0.717, 1.165) is 6.20 Å². The first kappa shape index (κ1) is 8.15. The van der Waals surface area contributed by atoms with Crippen molar-refractivity contribution in [1.29, 1.82) is 0 Å². The molecule has 1 aliphatic heterocycles. The molecule has 0 N–H and O–H groups in total. The number of hydrogen-bond donors (Lipinski definition) is 0. The Morgan fingerprint density at radius 2 is 1.92 bits per heavy atom. The first-order chi connectivity index (χ1) is 6.06. The Morgan fingerprint density at radius 3 is 2.31 bits per heavy atom. The van der Waals surface area contributed by atoms with Crippen molar-refractivity contribution in [3.63, 3.8) is 0 Å². The lowest BCUT2D eigenvalue weighted by Crippen LogP contribution is -2.30. The van der Waals surface area contributed by atoms with Crippen LogP contribution in [0.2, 0.25) is 0 Å². The van der Waals surface area contributed by atoms with Crippen molar-refractivity contribution in [1.82, 2.24) is 4.98 Å². The van der Waals surface area contributed by atoms with E-state index < -0.39 is 11.8 Å². The molecule has 6 heteroatoms. The van der Waals surface area contributed by atoms with E-state index in [2.05, 4.69) is 15.2 Å². The van der Waals surface area contributed by atoms with Crippen LogP contribution in [0.15, 0.2) is 34.8 Å². The van der Waals surface area contributed by atoms with Gasteiger partial charge < -0.3 is 0 Å². The van der Waals surface area contributed by atoms with Crippen molar-refractivity contribution >= 4 is 0 Å². The molecule has 1 aromatic heterocycles. The van der Waals surface area contributed by atoms with Crippen LogP contribution in [0.25, 0.3) is 0 Å². The quantitative estimate of drug-likeness (QED) is 0.664. The number of nitrogens with zero attached hydrogens (tertiary/aromatic N) is 3. The van der Waals surface area contributed by atoms with E-state index in [4.69, 9.17) is 0 Å². The Labute approximate surface area is 71.3 Å². The highest BCUT2D eigenvalue weighted by molar-refractivity contribution is 5.26. The average Bonchev–Trinajstić information content (AvgIpc) is 2.84. The molecule has 1 aliphatic rings. The van der Waals surface area contributed by atoms with Gasteiger partial charge in [0.25, 0.3) is 0 Å². The Balaban J connectivity index is 2.38. The van der Waals surface area contributed by atoms with E-state index >= 15 is 0 Å². The van der Waals surface area contributed by atoms with Gasteiger partial charge in [0.2, 0.25) is 0 Å². The van der Waals surface area contributed by atoms with Gasteiger partial charge in [0.1, 0.15) is 0 Å². The summed E-state index contributed by atoms with van der Waals surface area (Å²) < 4.78 is 37.1. The maximum absolute atomic E-state index is 12.4. The van der Waals surface area contributed by atoms with E-state index in [1.165, 1.54) is 18.3 Å². The van der Waals surface area contributed by atoms with Crippen LogP contribution >= 0.6 is 0 Å².